The van der Waals surface area contributed by atoms with Crippen molar-refractivity contribution in [1.29, 1.82) is 0 Å². The van der Waals surface area contributed by atoms with Gasteiger partial charge >= 0.3 is 63.9 Å². The van der Waals surface area contributed by atoms with Gasteiger partial charge in [0.25, 0.3) is 0 Å². The molecule has 0 aliphatic rings. The smallest absolute Gasteiger partial charge is 0.476 e. The van der Waals surface area contributed by atoms with Crippen molar-refractivity contribution >= 4 is 5.97 Å². The predicted octanol–water partition coefficient (Wildman–Crippen LogP) is -1.39. The largest absolute Gasteiger partial charge is 1.00 e. The molecule has 0 aliphatic carbocycles. The van der Waals surface area contributed by atoms with Gasteiger partial charge < -0.3 is 15.9 Å². The Kier molecular flexibility index (Phi) is 21.2. The first-order chi connectivity index (χ1) is 4.50. The Hall–Kier alpha value is 0.596. The molecule has 0 aromatic carbocycles. The van der Waals surface area contributed by atoms with Crippen LogP contribution in [-0.2, 0) is 4.79 Å². The van der Waals surface area contributed by atoms with Gasteiger partial charge in [-0.1, -0.05) is 0 Å². The minimum atomic E-state index is -1.06. The summed E-state index contributed by atoms with van der Waals surface area (Å²) in [6.07, 6.45) is 0. The zero-order chi connectivity index (χ0) is 8.57. The first-order valence-electron chi connectivity index (χ1n) is 2.82. The van der Waals surface area contributed by atoms with Crippen LogP contribution in [0.4, 0.5) is 0 Å². The maximum absolute atomic E-state index is 9.39. The van der Waals surface area contributed by atoms with E-state index in [1.807, 2.05) is 0 Å². The maximum Gasteiger partial charge on any atom is 1.00 e. The van der Waals surface area contributed by atoms with Gasteiger partial charge in [-0.05, 0) is 0 Å². The van der Waals surface area contributed by atoms with Gasteiger partial charge in [0, 0.05) is 0 Å². The van der Waals surface area contributed by atoms with Gasteiger partial charge in [-0.25, -0.2) is 11.4 Å². The van der Waals surface area contributed by atoms with Crippen LogP contribution in [0.15, 0.2) is 0 Å². The molecule has 0 atom stereocenters. The minimum absolute atomic E-state index is 0. The van der Waals surface area contributed by atoms with Crippen LogP contribution in [0.1, 0.15) is 20.8 Å². The molecule has 0 unspecified atom stereocenters. The second-order valence-corrected chi connectivity index (χ2v) is 2.21. The van der Waals surface area contributed by atoms with E-state index in [-0.39, 0.29) is 51.4 Å². The van der Waals surface area contributed by atoms with Crippen LogP contribution in [0.5, 0.6) is 0 Å². The summed E-state index contributed by atoms with van der Waals surface area (Å²) in [5.74, 6) is 0.352. The van der Waals surface area contributed by atoms with Crippen molar-refractivity contribution in [3.05, 3.63) is 17.3 Å². The molecule has 0 saturated heterocycles. The molecule has 0 saturated carbocycles. The molecule has 58 valence electrons. The molecule has 0 bridgehead atoms. The molecule has 11 heavy (non-hydrogen) atoms. The SMILES string of the molecule is C[C-](C)C.[C-]#[N+]CC(=O)O.[K+]. The van der Waals surface area contributed by atoms with E-state index in [0.717, 1.165) is 0 Å². The maximum atomic E-state index is 9.39. The van der Waals surface area contributed by atoms with Gasteiger partial charge in [0.05, 0.1) is 0 Å². The first kappa shape index (κ1) is 17.6. The summed E-state index contributed by atoms with van der Waals surface area (Å²) in [6, 6.07) is 0. The Morgan fingerprint density at radius 2 is 1.82 bits per heavy atom. The van der Waals surface area contributed by atoms with Gasteiger partial charge in [0.2, 0.25) is 0 Å². The summed E-state index contributed by atoms with van der Waals surface area (Å²) in [6.45, 7) is 11.8. The predicted molar refractivity (Wildman–Crippen MR) is 39.4 cm³/mol. The van der Waals surface area contributed by atoms with Crippen molar-refractivity contribution in [2.45, 2.75) is 20.8 Å². The zero-order valence-corrected chi connectivity index (χ0v) is 10.6. The van der Waals surface area contributed by atoms with Crippen LogP contribution < -0.4 is 51.4 Å². The summed E-state index contributed by atoms with van der Waals surface area (Å²) in [5.41, 5.74) is 0. The van der Waals surface area contributed by atoms with E-state index in [9.17, 15) is 4.79 Å². The summed E-state index contributed by atoms with van der Waals surface area (Å²) in [5, 5.41) is 7.70. The number of rotatable bonds is 1. The van der Waals surface area contributed by atoms with Crippen LogP contribution in [0, 0.1) is 12.5 Å². The summed E-state index contributed by atoms with van der Waals surface area (Å²) < 4.78 is 0. The summed E-state index contributed by atoms with van der Waals surface area (Å²) in [4.78, 5) is 12.0. The number of carbonyl (C=O) groups is 1. The molecular weight excluding hydrogens is 169 g/mol. The van der Waals surface area contributed by atoms with Crippen molar-refractivity contribution in [3.63, 3.8) is 0 Å². The van der Waals surface area contributed by atoms with Gasteiger partial charge in [0.1, 0.15) is 0 Å². The number of carboxylic acids is 1. The van der Waals surface area contributed by atoms with Gasteiger partial charge in [-0.3, -0.25) is 0 Å². The molecule has 0 heterocycles. The fourth-order valence-electron chi connectivity index (χ4n) is 0.0676. The molecule has 4 heteroatoms. The van der Waals surface area contributed by atoms with Crippen molar-refractivity contribution in [1.82, 2.24) is 0 Å². The second kappa shape index (κ2) is 13.2. The molecule has 0 aromatic rings. The van der Waals surface area contributed by atoms with Crippen LogP contribution in [0.3, 0.4) is 0 Å². The van der Waals surface area contributed by atoms with E-state index >= 15 is 0 Å². The Morgan fingerprint density at radius 1 is 1.55 bits per heavy atom. The van der Waals surface area contributed by atoms with Crippen LogP contribution in [-0.4, -0.2) is 17.6 Å². The third-order valence-electron chi connectivity index (χ3n) is 0.214. The van der Waals surface area contributed by atoms with Crippen LogP contribution >= 0.6 is 0 Å². The Bertz CT molecular complexity index is 126. The van der Waals surface area contributed by atoms with E-state index in [4.69, 9.17) is 11.7 Å². The fraction of sp³-hybridized carbons (Fsp3) is 0.571. The number of nitrogens with zero attached hydrogens (tertiary/aromatic N) is 1. The summed E-state index contributed by atoms with van der Waals surface area (Å²) in [7, 11) is 0. The molecule has 0 radical (unpaired) electrons. The molecule has 0 aromatic heterocycles. The average Bonchev–Trinajstić information content (AvgIpc) is 1.62. The number of hydrogen-bond acceptors (Lipinski definition) is 1. The monoisotopic (exact) mass is 181 g/mol. The zero-order valence-electron chi connectivity index (χ0n) is 7.51. The molecule has 0 spiro atoms. The molecule has 3 nitrogen and oxygen atoms in total. The fourth-order valence-corrected chi connectivity index (χ4v) is 0.0676. The quantitative estimate of drug-likeness (QED) is 0.400. The van der Waals surface area contributed by atoms with Gasteiger partial charge in [0.15, 0.2) is 0 Å². The van der Waals surface area contributed by atoms with E-state index in [2.05, 4.69) is 25.6 Å². The molecule has 0 amide bonds. The van der Waals surface area contributed by atoms with E-state index < -0.39 is 12.5 Å². The minimum Gasteiger partial charge on any atom is -0.476 e. The van der Waals surface area contributed by atoms with Crippen molar-refractivity contribution in [2.24, 2.45) is 0 Å². The van der Waals surface area contributed by atoms with Crippen LogP contribution in [0.25, 0.3) is 4.85 Å². The van der Waals surface area contributed by atoms with Crippen LogP contribution in [0.2, 0.25) is 0 Å². The molecule has 0 aliphatic heterocycles. The van der Waals surface area contributed by atoms with Crippen molar-refractivity contribution in [3.8, 4) is 0 Å². The van der Waals surface area contributed by atoms with E-state index in [1.54, 1.807) is 0 Å². The average molecular weight is 181 g/mol. The Labute approximate surface area is 110 Å². The van der Waals surface area contributed by atoms with Gasteiger partial charge in [-0.15, -0.1) is 0 Å². The number of carboxylic acid groups (broad SMARTS) is 1. The third kappa shape index (κ3) is 60.5. The number of hydrogen-bond donors (Lipinski definition) is 1. The molecule has 1 N–H and O–H groups in total. The first-order valence-corrected chi connectivity index (χ1v) is 2.82. The topological polar surface area (TPSA) is 41.7 Å². The van der Waals surface area contributed by atoms with Crippen molar-refractivity contribution < 1.29 is 61.3 Å². The Morgan fingerprint density at radius 3 is 1.82 bits per heavy atom. The molecule has 0 fully saturated rings. The Balaban J connectivity index is -0.000000114. The summed E-state index contributed by atoms with van der Waals surface area (Å²) >= 11 is 0. The van der Waals surface area contributed by atoms with Gasteiger partial charge in [-0.2, -0.15) is 20.8 Å². The van der Waals surface area contributed by atoms with E-state index in [0.29, 0.717) is 0 Å². The third-order valence-corrected chi connectivity index (χ3v) is 0.214. The second-order valence-electron chi connectivity index (χ2n) is 2.21. The van der Waals surface area contributed by atoms with Crippen molar-refractivity contribution in [2.75, 3.05) is 6.54 Å². The molecule has 0 rings (SSSR count). The number of aliphatic carboxylic acids is 1. The molecular formula is C7H12KNO2. The standard InChI is InChI=1S/C4H9.C3H3NO2.K/c1-4(2)3;1-4-2-3(5)6;/h1-3H3;2H2,(H,5,6);/q-1;;+1. The normalized spacial score (nSPS) is 6.82. The van der Waals surface area contributed by atoms with E-state index in [1.165, 1.54) is 5.92 Å².